The number of ether oxygens (including phenoxy) is 2. The molecule has 4 nitrogen and oxygen atoms in total. The van der Waals surface area contributed by atoms with Gasteiger partial charge in [0.2, 0.25) is 0 Å². The fraction of sp³-hybridized carbons (Fsp3) is 0.909. The molecule has 15 heavy (non-hydrogen) atoms. The predicted molar refractivity (Wildman–Crippen MR) is 59.8 cm³/mol. The monoisotopic (exact) mass is 217 g/mol. The van der Waals surface area contributed by atoms with Crippen molar-refractivity contribution in [2.45, 2.75) is 45.3 Å². The van der Waals surface area contributed by atoms with Gasteiger partial charge in [-0.05, 0) is 41.2 Å². The maximum Gasteiger partial charge on any atom is 0.325 e. The van der Waals surface area contributed by atoms with Gasteiger partial charge in [0.1, 0.15) is 5.54 Å². The predicted octanol–water partition coefficient (Wildman–Crippen LogP) is 1.34. The van der Waals surface area contributed by atoms with Crippen LogP contribution in [0.5, 0.6) is 0 Å². The molecular weight excluding hydrogens is 194 g/mol. The molecule has 0 amide bonds. The summed E-state index contributed by atoms with van der Waals surface area (Å²) in [6.45, 7) is 8.30. The summed E-state index contributed by atoms with van der Waals surface area (Å²) in [4.78, 5) is 11.5. The van der Waals surface area contributed by atoms with Crippen molar-refractivity contribution in [2.75, 3.05) is 20.8 Å². The second-order valence-corrected chi connectivity index (χ2v) is 4.78. The van der Waals surface area contributed by atoms with Gasteiger partial charge >= 0.3 is 5.97 Å². The Balaban J connectivity index is 4.16. The normalized spacial score (nSPS) is 15.9. The molecular formula is C11H23NO3. The Morgan fingerprint density at radius 2 is 1.80 bits per heavy atom. The van der Waals surface area contributed by atoms with E-state index in [1.807, 2.05) is 27.7 Å². The molecule has 0 rings (SSSR count). The number of rotatable bonds is 5. The number of hydrogen-bond donors (Lipinski definition) is 1. The molecule has 1 N–H and O–H groups in total. The van der Waals surface area contributed by atoms with Gasteiger partial charge in [-0.1, -0.05) is 0 Å². The van der Waals surface area contributed by atoms with Gasteiger partial charge in [0.15, 0.2) is 0 Å². The van der Waals surface area contributed by atoms with E-state index in [2.05, 4.69) is 5.32 Å². The van der Waals surface area contributed by atoms with Crippen LogP contribution in [-0.4, -0.2) is 37.9 Å². The molecule has 0 spiro atoms. The van der Waals surface area contributed by atoms with Crippen molar-refractivity contribution in [3.63, 3.8) is 0 Å². The van der Waals surface area contributed by atoms with Crippen molar-refractivity contribution in [2.24, 2.45) is 0 Å². The Kier molecular flexibility index (Phi) is 5.24. The van der Waals surface area contributed by atoms with Crippen molar-refractivity contribution in [3.05, 3.63) is 0 Å². The average molecular weight is 217 g/mol. The Morgan fingerprint density at radius 1 is 1.27 bits per heavy atom. The van der Waals surface area contributed by atoms with Crippen LogP contribution in [0.25, 0.3) is 0 Å². The highest BCUT2D eigenvalue weighted by atomic mass is 16.5. The van der Waals surface area contributed by atoms with E-state index in [1.165, 1.54) is 7.11 Å². The van der Waals surface area contributed by atoms with Gasteiger partial charge in [-0.15, -0.1) is 0 Å². The molecule has 0 aromatic carbocycles. The van der Waals surface area contributed by atoms with Crippen LogP contribution < -0.4 is 5.32 Å². The van der Waals surface area contributed by atoms with Crippen molar-refractivity contribution >= 4 is 5.97 Å². The van der Waals surface area contributed by atoms with Gasteiger partial charge in [-0.25, -0.2) is 0 Å². The lowest BCUT2D eigenvalue weighted by Crippen LogP contribution is -2.49. The Morgan fingerprint density at radius 3 is 2.13 bits per heavy atom. The fourth-order valence-electron chi connectivity index (χ4n) is 1.12. The summed E-state index contributed by atoms with van der Waals surface area (Å²) >= 11 is 0. The smallest absolute Gasteiger partial charge is 0.325 e. The number of carbonyl (C=O) groups is 1. The van der Waals surface area contributed by atoms with Crippen LogP contribution in [0.1, 0.15) is 34.1 Å². The molecule has 0 aliphatic rings. The van der Waals surface area contributed by atoms with Gasteiger partial charge in [0.25, 0.3) is 0 Å². The number of esters is 1. The summed E-state index contributed by atoms with van der Waals surface area (Å²) < 4.78 is 10.3. The zero-order chi connectivity index (χ0) is 12.1. The zero-order valence-electron chi connectivity index (χ0n) is 10.6. The summed E-state index contributed by atoms with van der Waals surface area (Å²) in [6.07, 6.45) is 0.591. The molecule has 1 atom stereocenters. The molecule has 0 aromatic rings. The minimum Gasteiger partial charge on any atom is -0.468 e. The van der Waals surface area contributed by atoms with Gasteiger partial charge in [-0.3, -0.25) is 4.79 Å². The second-order valence-electron chi connectivity index (χ2n) is 4.78. The summed E-state index contributed by atoms with van der Waals surface area (Å²) in [5.41, 5.74) is -0.842. The lowest BCUT2D eigenvalue weighted by atomic mass is 9.99. The minimum absolute atomic E-state index is 0.176. The SMILES string of the molecule is CNC(C)(CCOC(C)(C)C)C(=O)OC. The molecule has 90 valence electrons. The maximum absolute atomic E-state index is 11.5. The number of methoxy groups -OCH3 is 1. The molecule has 0 saturated carbocycles. The third kappa shape index (κ3) is 5.14. The van der Waals surface area contributed by atoms with Crippen LogP contribution in [-0.2, 0) is 14.3 Å². The summed E-state index contributed by atoms with van der Waals surface area (Å²) in [6, 6.07) is 0. The maximum atomic E-state index is 11.5. The first-order valence-corrected chi connectivity index (χ1v) is 5.16. The highest BCUT2D eigenvalue weighted by Gasteiger charge is 2.32. The standard InChI is InChI=1S/C11H23NO3/c1-10(2,3)15-8-7-11(4,12-5)9(13)14-6/h12H,7-8H2,1-6H3. The van der Waals surface area contributed by atoms with E-state index < -0.39 is 5.54 Å². The van der Waals surface area contributed by atoms with E-state index in [9.17, 15) is 4.79 Å². The van der Waals surface area contributed by atoms with Crippen LogP contribution in [0.4, 0.5) is 0 Å². The Bertz CT molecular complexity index is 210. The summed E-state index contributed by atoms with van der Waals surface area (Å²) in [5, 5.41) is 2.96. The first-order chi connectivity index (χ1) is 6.75. The molecule has 0 saturated heterocycles. The van der Waals surface area contributed by atoms with Gasteiger partial charge in [0, 0.05) is 6.61 Å². The first kappa shape index (κ1) is 14.4. The first-order valence-electron chi connectivity index (χ1n) is 5.16. The minimum atomic E-state index is -0.667. The Labute approximate surface area is 92.3 Å². The lowest BCUT2D eigenvalue weighted by molar-refractivity contribution is -0.149. The van der Waals surface area contributed by atoms with Gasteiger partial charge < -0.3 is 14.8 Å². The summed E-state index contributed by atoms with van der Waals surface area (Å²) in [7, 11) is 3.14. The number of likely N-dealkylation sites (N-methyl/N-ethyl adjacent to an activating group) is 1. The van der Waals surface area contributed by atoms with Crippen LogP contribution >= 0.6 is 0 Å². The molecule has 1 unspecified atom stereocenters. The van der Waals surface area contributed by atoms with E-state index in [-0.39, 0.29) is 11.6 Å². The van der Waals surface area contributed by atoms with Crippen LogP contribution in [0, 0.1) is 0 Å². The molecule has 0 aliphatic carbocycles. The van der Waals surface area contributed by atoms with Gasteiger partial charge in [0.05, 0.1) is 12.7 Å². The second kappa shape index (κ2) is 5.47. The lowest BCUT2D eigenvalue weighted by Gasteiger charge is -2.28. The zero-order valence-corrected chi connectivity index (χ0v) is 10.6. The van der Waals surface area contributed by atoms with E-state index in [4.69, 9.17) is 9.47 Å². The van der Waals surface area contributed by atoms with Crippen LogP contribution in [0.2, 0.25) is 0 Å². The topological polar surface area (TPSA) is 47.6 Å². The average Bonchev–Trinajstić information content (AvgIpc) is 2.14. The molecule has 0 aromatic heterocycles. The summed E-state index contributed by atoms with van der Waals surface area (Å²) in [5.74, 6) is -0.262. The van der Waals surface area contributed by atoms with Gasteiger partial charge in [-0.2, -0.15) is 0 Å². The van der Waals surface area contributed by atoms with Crippen molar-refractivity contribution in [1.29, 1.82) is 0 Å². The number of hydrogen-bond acceptors (Lipinski definition) is 4. The highest BCUT2D eigenvalue weighted by molar-refractivity contribution is 5.80. The van der Waals surface area contributed by atoms with E-state index in [0.29, 0.717) is 13.0 Å². The van der Waals surface area contributed by atoms with E-state index in [0.717, 1.165) is 0 Å². The molecule has 0 radical (unpaired) electrons. The van der Waals surface area contributed by atoms with Crippen LogP contribution in [0.15, 0.2) is 0 Å². The number of nitrogens with one attached hydrogen (secondary N) is 1. The van der Waals surface area contributed by atoms with Crippen molar-refractivity contribution in [1.82, 2.24) is 5.32 Å². The molecule has 0 aliphatic heterocycles. The van der Waals surface area contributed by atoms with E-state index in [1.54, 1.807) is 7.05 Å². The number of carbonyl (C=O) groups excluding carboxylic acids is 1. The van der Waals surface area contributed by atoms with Crippen molar-refractivity contribution < 1.29 is 14.3 Å². The molecule has 0 fully saturated rings. The fourth-order valence-corrected chi connectivity index (χ4v) is 1.12. The third-order valence-electron chi connectivity index (χ3n) is 2.32. The molecule has 0 heterocycles. The van der Waals surface area contributed by atoms with E-state index >= 15 is 0 Å². The third-order valence-corrected chi connectivity index (χ3v) is 2.32. The van der Waals surface area contributed by atoms with Crippen LogP contribution in [0.3, 0.4) is 0 Å². The Hall–Kier alpha value is -0.610. The largest absolute Gasteiger partial charge is 0.468 e. The highest BCUT2D eigenvalue weighted by Crippen LogP contribution is 2.14. The molecule has 4 heteroatoms. The quantitative estimate of drug-likeness (QED) is 0.706. The van der Waals surface area contributed by atoms with Crippen molar-refractivity contribution in [3.8, 4) is 0 Å². The molecule has 0 bridgehead atoms.